The standard InChI is InChI=1S/C15H14N2O4S/c1-5-11-6-13(17-8-10(2)16-9-17)14(22(4,19)20)7-12(11)15(18)21-3/h1,6-9H,2-4H3. The van der Waals surface area contributed by atoms with Crippen molar-refractivity contribution in [2.24, 2.45) is 0 Å². The van der Waals surface area contributed by atoms with Crippen LogP contribution in [0.15, 0.2) is 29.6 Å². The van der Waals surface area contributed by atoms with Crippen LogP contribution in [0.2, 0.25) is 0 Å². The van der Waals surface area contributed by atoms with Crippen molar-refractivity contribution in [3.05, 3.63) is 41.5 Å². The molecule has 0 saturated heterocycles. The summed E-state index contributed by atoms with van der Waals surface area (Å²) in [5, 5.41) is 0. The van der Waals surface area contributed by atoms with Gasteiger partial charge >= 0.3 is 5.97 Å². The summed E-state index contributed by atoms with van der Waals surface area (Å²) in [4.78, 5) is 15.8. The third kappa shape index (κ3) is 2.87. The second kappa shape index (κ2) is 5.66. The Bertz CT molecular complexity index is 889. The minimum atomic E-state index is -3.59. The lowest BCUT2D eigenvalue weighted by Crippen LogP contribution is -2.11. The maximum absolute atomic E-state index is 12.1. The smallest absolute Gasteiger partial charge is 0.339 e. The molecule has 0 N–H and O–H groups in total. The minimum Gasteiger partial charge on any atom is -0.465 e. The van der Waals surface area contributed by atoms with Gasteiger partial charge in [0.25, 0.3) is 0 Å². The van der Waals surface area contributed by atoms with E-state index in [9.17, 15) is 13.2 Å². The third-order valence-corrected chi connectivity index (χ3v) is 4.18. The number of ether oxygens (including phenoxy) is 1. The van der Waals surface area contributed by atoms with Crippen LogP contribution in [0.4, 0.5) is 0 Å². The molecule has 0 unspecified atom stereocenters. The Balaban J connectivity index is 2.84. The van der Waals surface area contributed by atoms with Gasteiger partial charge in [-0.2, -0.15) is 0 Å². The van der Waals surface area contributed by atoms with Crippen LogP contribution in [-0.4, -0.2) is 37.3 Å². The molecule has 0 radical (unpaired) electrons. The fourth-order valence-corrected chi connectivity index (χ4v) is 2.89. The molecule has 0 amide bonds. The van der Waals surface area contributed by atoms with Crippen molar-refractivity contribution in [2.45, 2.75) is 11.8 Å². The Morgan fingerprint density at radius 2 is 2.09 bits per heavy atom. The molecule has 7 heteroatoms. The molecular formula is C15H14N2O4S. The van der Waals surface area contributed by atoms with Gasteiger partial charge in [0.1, 0.15) is 0 Å². The van der Waals surface area contributed by atoms with Gasteiger partial charge < -0.3 is 9.30 Å². The molecule has 0 aliphatic carbocycles. The van der Waals surface area contributed by atoms with Crippen molar-refractivity contribution < 1.29 is 17.9 Å². The van der Waals surface area contributed by atoms with Gasteiger partial charge in [0.2, 0.25) is 0 Å². The number of aromatic nitrogens is 2. The number of hydrogen-bond donors (Lipinski definition) is 0. The zero-order valence-electron chi connectivity index (χ0n) is 12.3. The van der Waals surface area contributed by atoms with E-state index in [4.69, 9.17) is 6.42 Å². The lowest BCUT2D eigenvalue weighted by atomic mass is 10.1. The van der Waals surface area contributed by atoms with Gasteiger partial charge in [0.05, 0.1) is 35.3 Å². The van der Waals surface area contributed by atoms with Crippen molar-refractivity contribution in [2.75, 3.05) is 13.4 Å². The number of aryl methyl sites for hydroxylation is 1. The average Bonchev–Trinajstić information content (AvgIpc) is 2.90. The first-order chi connectivity index (χ1) is 10.3. The van der Waals surface area contributed by atoms with Crippen molar-refractivity contribution in [1.29, 1.82) is 0 Å². The van der Waals surface area contributed by atoms with Crippen LogP contribution in [0.1, 0.15) is 21.6 Å². The van der Waals surface area contributed by atoms with Crippen molar-refractivity contribution in [1.82, 2.24) is 9.55 Å². The molecule has 2 aromatic rings. The minimum absolute atomic E-state index is 0.0238. The van der Waals surface area contributed by atoms with Crippen LogP contribution >= 0.6 is 0 Å². The Hall–Kier alpha value is -2.59. The normalized spacial score (nSPS) is 11.0. The highest BCUT2D eigenvalue weighted by molar-refractivity contribution is 7.90. The van der Waals surface area contributed by atoms with E-state index in [-0.39, 0.29) is 16.0 Å². The first kappa shape index (κ1) is 15.8. The molecule has 22 heavy (non-hydrogen) atoms. The summed E-state index contributed by atoms with van der Waals surface area (Å²) in [6.45, 7) is 1.78. The topological polar surface area (TPSA) is 78.3 Å². The van der Waals surface area contributed by atoms with Gasteiger partial charge in [-0.3, -0.25) is 0 Å². The van der Waals surface area contributed by atoms with Crippen molar-refractivity contribution >= 4 is 15.8 Å². The molecule has 6 nitrogen and oxygen atoms in total. The van der Waals surface area contributed by atoms with Crippen LogP contribution < -0.4 is 0 Å². The van der Waals surface area contributed by atoms with Crippen molar-refractivity contribution in [3.8, 4) is 18.0 Å². The molecule has 0 atom stereocenters. The number of terminal acetylenes is 1. The predicted octanol–water partition coefficient (Wildman–Crippen LogP) is 1.35. The summed E-state index contributed by atoms with van der Waals surface area (Å²) in [5.41, 5.74) is 1.34. The van der Waals surface area contributed by atoms with Crippen LogP contribution in [0, 0.1) is 19.3 Å². The van der Waals surface area contributed by atoms with E-state index in [1.165, 1.54) is 25.6 Å². The number of hydrogen-bond acceptors (Lipinski definition) is 5. The molecule has 1 aromatic heterocycles. The number of esters is 1. The summed E-state index contributed by atoms with van der Waals surface area (Å²) >= 11 is 0. The fourth-order valence-electron chi connectivity index (χ4n) is 2.02. The number of sulfone groups is 1. The van der Waals surface area contributed by atoms with Gasteiger partial charge in [-0.15, -0.1) is 6.42 Å². The third-order valence-electron chi connectivity index (χ3n) is 3.05. The zero-order chi connectivity index (χ0) is 16.5. The molecule has 0 fully saturated rings. The summed E-state index contributed by atoms with van der Waals surface area (Å²) in [6, 6.07) is 2.70. The van der Waals surface area contributed by atoms with E-state index in [0.29, 0.717) is 5.69 Å². The van der Waals surface area contributed by atoms with E-state index >= 15 is 0 Å². The molecule has 0 spiro atoms. The molecule has 0 aliphatic heterocycles. The highest BCUT2D eigenvalue weighted by Crippen LogP contribution is 2.25. The van der Waals surface area contributed by atoms with Gasteiger partial charge in [-0.1, -0.05) is 5.92 Å². The summed E-state index contributed by atoms with van der Waals surface area (Å²) in [5.74, 6) is 1.69. The van der Waals surface area contributed by atoms with E-state index in [2.05, 4.69) is 15.6 Å². The Morgan fingerprint density at radius 3 is 2.55 bits per heavy atom. The first-order valence-electron chi connectivity index (χ1n) is 6.22. The highest BCUT2D eigenvalue weighted by atomic mass is 32.2. The van der Waals surface area contributed by atoms with Crippen LogP contribution in [0.3, 0.4) is 0 Å². The van der Waals surface area contributed by atoms with E-state index in [0.717, 1.165) is 11.9 Å². The summed E-state index contributed by atoms with van der Waals surface area (Å²) in [7, 11) is -2.38. The number of rotatable bonds is 3. The summed E-state index contributed by atoms with van der Waals surface area (Å²) in [6.07, 6.45) is 9.64. The second-order valence-electron chi connectivity index (χ2n) is 4.70. The molecule has 1 aromatic carbocycles. The average molecular weight is 318 g/mol. The fraction of sp³-hybridized carbons (Fsp3) is 0.200. The number of methoxy groups -OCH3 is 1. The van der Waals surface area contributed by atoms with Crippen LogP contribution in [0.5, 0.6) is 0 Å². The molecule has 0 bridgehead atoms. The number of nitrogens with zero attached hydrogens (tertiary/aromatic N) is 2. The number of benzene rings is 1. The van der Waals surface area contributed by atoms with E-state index in [1.807, 2.05) is 0 Å². The monoisotopic (exact) mass is 318 g/mol. The van der Waals surface area contributed by atoms with Gasteiger partial charge in [0.15, 0.2) is 9.84 Å². The van der Waals surface area contributed by atoms with Gasteiger partial charge in [-0.05, 0) is 19.1 Å². The maximum Gasteiger partial charge on any atom is 0.339 e. The SMILES string of the molecule is C#Cc1cc(-n2cnc(C)c2)c(S(C)(=O)=O)cc1C(=O)OC. The molecule has 0 saturated carbocycles. The lowest BCUT2D eigenvalue weighted by Gasteiger charge is -2.12. The number of imidazole rings is 1. The number of carbonyl (C=O) groups is 1. The quantitative estimate of drug-likeness (QED) is 0.630. The van der Waals surface area contributed by atoms with E-state index < -0.39 is 15.8 Å². The van der Waals surface area contributed by atoms with E-state index in [1.54, 1.807) is 17.7 Å². The Kier molecular flexibility index (Phi) is 4.06. The summed E-state index contributed by atoms with van der Waals surface area (Å²) < 4.78 is 30.3. The lowest BCUT2D eigenvalue weighted by molar-refractivity contribution is 0.0600. The van der Waals surface area contributed by atoms with Crippen molar-refractivity contribution in [3.63, 3.8) is 0 Å². The zero-order valence-corrected chi connectivity index (χ0v) is 13.1. The molecule has 114 valence electrons. The van der Waals surface area contributed by atoms with Gasteiger partial charge in [-0.25, -0.2) is 18.2 Å². The number of carbonyl (C=O) groups excluding carboxylic acids is 1. The van der Waals surface area contributed by atoms with Crippen LogP contribution in [0.25, 0.3) is 5.69 Å². The Morgan fingerprint density at radius 1 is 1.41 bits per heavy atom. The predicted molar refractivity (Wildman–Crippen MR) is 80.7 cm³/mol. The molecule has 1 heterocycles. The highest BCUT2D eigenvalue weighted by Gasteiger charge is 2.21. The van der Waals surface area contributed by atoms with Gasteiger partial charge in [0, 0.05) is 18.0 Å². The molecular weight excluding hydrogens is 304 g/mol. The molecule has 2 rings (SSSR count). The molecule has 0 aliphatic rings. The maximum atomic E-state index is 12.1. The second-order valence-corrected chi connectivity index (χ2v) is 6.68. The largest absolute Gasteiger partial charge is 0.465 e. The Labute approximate surface area is 128 Å². The first-order valence-corrected chi connectivity index (χ1v) is 8.11. The van der Waals surface area contributed by atoms with Crippen LogP contribution in [-0.2, 0) is 14.6 Å².